The van der Waals surface area contributed by atoms with Crippen LogP contribution >= 0.6 is 34.7 Å². The smallest absolute Gasteiger partial charge is 0.186 e. The molecule has 1 aromatic carbocycles. The Labute approximate surface area is 168 Å². The first-order valence-electron chi connectivity index (χ1n) is 8.71. The fourth-order valence-electron chi connectivity index (χ4n) is 3.29. The van der Waals surface area contributed by atoms with Crippen LogP contribution in [0.2, 0.25) is 5.15 Å². The molecule has 0 amide bonds. The molecule has 0 unspecified atom stereocenters. The van der Waals surface area contributed by atoms with Gasteiger partial charge in [-0.25, -0.2) is 4.98 Å². The lowest BCUT2D eigenvalue weighted by atomic mass is 9.90. The molecule has 1 aromatic heterocycles. The normalized spacial score (nSPS) is 18.1. The van der Waals surface area contributed by atoms with Crippen LogP contribution in [0.25, 0.3) is 0 Å². The first kappa shape index (κ1) is 19.7. The molecule has 4 nitrogen and oxygen atoms in total. The van der Waals surface area contributed by atoms with E-state index in [4.69, 9.17) is 11.6 Å². The number of likely N-dealkylation sites (tertiary alicyclic amines) is 1. The van der Waals surface area contributed by atoms with Gasteiger partial charge in [0.05, 0.1) is 4.88 Å². The Balaban J connectivity index is 1.70. The lowest BCUT2D eigenvalue weighted by molar-refractivity contribution is 0.0809. The van der Waals surface area contributed by atoms with E-state index < -0.39 is 0 Å². The number of carbonyl (C=O) groups is 1. The molecule has 1 atom stereocenters. The number of thiazole rings is 1. The van der Waals surface area contributed by atoms with Gasteiger partial charge in [0, 0.05) is 43.6 Å². The summed E-state index contributed by atoms with van der Waals surface area (Å²) in [6.07, 6.45) is 4.01. The van der Waals surface area contributed by atoms with Crippen LogP contribution in [0.1, 0.15) is 28.1 Å². The second-order valence-electron chi connectivity index (χ2n) is 6.74. The molecule has 1 fully saturated rings. The van der Waals surface area contributed by atoms with Crippen molar-refractivity contribution < 1.29 is 4.79 Å². The van der Waals surface area contributed by atoms with E-state index >= 15 is 0 Å². The Hall–Kier alpha value is -1.08. The van der Waals surface area contributed by atoms with Crippen LogP contribution in [0.15, 0.2) is 29.2 Å². The number of aromatic nitrogens is 1. The molecule has 3 rings (SSSR count). The van der Waals surface area contributed by atoms with Gasteiger partial charge >= 0.3 is 0 Å². The summed E-state index contributed by atoms with van der Waals surface area (Å²) in [5.74, 6) is 0.320. The summed E-state index contributed by atoms with van der Waals surface area (Å²) in [5, 5.41) is 1.50. The molecule has 1 saturated heterocycles. The quantitative estimate of drug-likeness (QED) is 0.511. The van der Waals surface area contributed by atoms with Gasteiger partial charge < -0.3 is 4.90 Å². The number of hydrogen-bond acceptors (Lipinski definition) is 6. The number of Topliss-reactive ketones (excluding diaryl/α,β-unsaturated/α-hetero) is 1. The first-order valence-corrected chi connectivity index (χ1v) is 11.1. The van der Waals surface area contributed by atoms with Gasteiger partial charge in [-0.15, -0.1) is 11.8 Å². The van der Waals surface area contributed by atoms with Crippen LogP contribution in [0, 0.1) is 5.92 Å². The third kappa shape index (κ3) is 4.42. The van der Waals surface area contributed by atoms with Crippen molar-refractivity contribution in [1.82, 2.24) is 9.88 Å². The zero-order valence-electron chi connectivity index (χ0n) is 15.4. The number of rotatable bonds is 6. The maximum atomic E-state index is 13.1. The van der Waals surface area contributed by atoms with Crippen LogP contribution < -0.4 is 4.90 Å². The maximum Gasteiger partial charge on any atom is 0.186 e. The lowest BCUT2D eigenvalue weighted by Gasteiger charge is -2.31. The summed E-state index contributed by atoms with van der Waals surface area (Å²) in [6.45, 7) is 2.55. The topological polar surface area (TPSA) is 36.4 Å². The summed E-state index contributed by atoms with van der Waals surface area (Å²) in [4.78, 5) is 23.9. The fraction of sp³-hybridized carbons (Fsp3) is 0.474. The molecule has 140 valence electrons. The Kier molecular flexibility index (Phi) is 6.61. The van der Waals surface area contributed by atoms with E-state index in [0.717, 1.165) is 52.9 Å². The molecule has 1 aliphatic rings. The van der Waals surface area contributed by atoms with Gasteiger partial charge in [-0.1, -0.05) is 41.1 Å². The van der Waals surface area contributed by atoms with Gasteiger partial charge in [-0.2, -0.15) is 0 Å². The molecule has 0 bridgehead atoms. The molecule has 0 radical (unpaired) electrons. The summed E-state index contributed by atoms with van der Waals surface area (Å²) in [7, 11) is 3.94. The Bertz CT molecular complexity index is 778. The Morgan fingerprint density at radius 2 is 2.19 bits per heavy atom. The SMILES string of the molecule is CSc1ccccc1C(=O)[C@H]1CCCN(Cc2sc(N(C)C)nc2Cl)C1. The van der Waals surface area contributed by atoms with E-state index in [-0.39, 0.29) is 11.7 Å². The predicted molar refractivity (Wildman–Crippen MR) is 112 cm³/mol. The zero-order valence-corrected chi connectivity index (χ0v) is 17.8. The van der Waals surface area contributed by atoms with Crippen molar-refractivity contribution in [1.29, 1.82) is 0 Å². The van der Waals surface area contributed by atoms with Crippen LogP contribution in [0.3, 0.4) is 0 Å². The minimum atomic E-state index is 0.0528. The van der Waals surface area contributed by atoms with Gasteiger partial charge in [-0.3, -0.25) is 9.69 Å². The van der Waals surface area contributed by atoms with Crippen molar-refractivity contribution in [2.75, 3.05) is 38.3 Å². The van der Waals surface area contributed by atoms with E-state index in [1.54, 1.807) is 23.1 Å². The molecule has 0 spiro atoms. The third-order valence-corrected chi connectivity index (χ3v) is 7.07. The maximum absolute atomic E-state index is 13.1. The van der Waals surface area contributed by atoms with Crippen molar-refractivity contribution in [2.45, 2.75) is 24.3 Å². The van der Waals surface area contributed by atoms with Gasteiger partial charge in [0.2, 0.25) is 0 Å². The number of ketones is 1. The van der Waals surface area contributed by atoms with Crippen LogP contribution in [-0.2, 0) is 6.54 Å². The predicted octanol–water partition coefficient (Wildman–Crippen LogP) is 4.68. The highest BCUT2D eigenvalue weighted by Gasteiger charge is 2.28. The molecule has 2 heterocycles. The Morgan fingerprint density at radius 3 is 2.88 bits per heavy atom. The van der Waals surface area contributed by atoms with Crippen molar-refractivity contribution in [2.24, 2.45) is 5.92 Å². The number of carbonyl (C=O) groups excluding carboxylic acids is 1. The molecule has 1 aliphatic heterocycles. The summed E-state index contributed by atoms with van der Waals surface area (Å²) < 4.78 is 0. The van der Waals surface area contributed by atoms with Gasteiger partial charge in [0.1, 0.15) is 5.15 Å². The zero-order chi connectivity index (χ0) is 18.7. The molecule has 0 aliphatic carbocycles. The number of nitrogens with zero attached hydrogens (tertiary/aromatic N) is 3. The molecule has 0 N–H and O–H groups in total. The third-order valence-electron chi connectivity index (χ3n) is 4.64. The second kappa shape index (κ2) is 8.74. The van der Waals surface area contributed by atoms with Crippen LogP contribution in [0.5, 0.6) is 0 Å². The van der Waals surface area contributed by atoms with E-state index in [2.05, 4.69) is 9.88 Å². The summed E-state index contributed by atoms with van der Waals surface area (Å²) >= 11 is 9.58. The number of thioether (sulfide) groups is 1. The molecule has 26 heavy (non-hydrogen) atoms. The van der Waals surface area contributed by atoms with Crippen molar-refractivity contribution in [3.63, 3.8) is 0 Å². The molecule has 0 saturated carbocycles. The van der Waals surface area contributed by atoms with Crippen LogP contribution in [-0.4, -0.2) is 49.1 Å². The molecule has 7 heteroatoms. The summed E-state index contributed by atoms with van der Waals surface area (Å²) in [6, 6.07) is 7.92. The molecular weight excluding hydrogens is 386 g/mol. The monoisotopic (exact) mass is 409 g/mol. The number of benzene rings is 1. The number of halogens is 1. The van der Waals surface area contributed by atoms with E-state index in [9.17, 15) is 4.79 Å². The Morgan fingerprint density at radius 1 is 1.42 bits per heavy atom. The van der Waals surface area contributed by atoms with Gasteiger partial charge in [0.15, 0.2) is 10.9 Å². The standard InChI is InChI=1S/C19H24ClN3OS2/c1-22(2)19-21-18(20)16(26-19)12-23-10-6-7-13(11-23)17(24)14-8-4-5-9-15(14)25-3/h4-5,8-9,13H,6-7,10-12H2,1-3H3/t13-/m0/s1. The number of hydrogen-bond donors (Lipinski definition) is 0. The minimum absolute atomic E-state index is 0.0528. The van der Waals surface area contributed by atoms with Crippen LogP contribution in [0.4, 0.5) is 5.13 Å². The molecule has 2 aromatic rings. The van der Waals surface area contributed by atoms with Crippen molar-refractivity contribution >= 4 is 45.6 Å². The lowest BCUT2D eigenvalue weighted by Crippen LogP contribution is -2.38. The average Bonchev–Trinajstić information content (AvgIpc) is 3.02. The molecular formula is C19H24ClN3OS2. The van der Waals surface area contributed by atoms with Gasteiger partial charge in [0.25, 0.3) is 0 Å². The van der Waals surface area contributed by atoms with E-state index in [1.807, 2.05) is 49.5 Å². The highest BCUT2D eigenvalue weighted by atomic mass is 35.5. The second-order valence-corrected chi connectivity index (χ2v) is 9.01. The highest BCUT2D eigenvalue weighted by molar-refractivity contribution is 7.98. The van der Waals surface area contributed by atoms with Gasteiger partial charge in [-0.05, 0) is 31.7 Å². The largest absolute Gasteiger partial charge is 0.354 e. The number of anilines is 1. The minimum Gasteiger partial charge on any atom is -0.354 e. The first-order chi connectivity index (χ1) is 12.5. The number of piperidine rings is 1. The highest BCUT2D eigenvalue weighted by Crippen LogP contribution is 2.32. The summed E-state index contributed by atoms with van der Waals surface area (Å²) in [5.41, 5.74) is 0.859. The van der Waals surface area contributed by atoms with Crippen molar-refractivity contribution in [3.05, 3.63) is 39.9 Å². The van der Waals surface area contributed by atoms with Crippen molar-refractivity contribution in [3.8, 4) is 0 Å². The average molecular weight is 410 g/mol. The fourth-order valence-corrected chi connectivity index (χ4v) is 5.12. The van der Waals surface area contributed by atoms with E-state index in [0.29, 0.717) is 5.15 Å². The van der Waals surface area contributed by atoms with E-state index in [1.165, 1.54) is 0 Å².